The van der Waals surface area contributed by atoms with Gasteiger partial charge in [-0.05, 0) is 18.2 Å². The fraction of sp³-hybridized carbons (Fsp3) is 0.167. The standard InChI is InChI=1S/C12H11N3/c1-15(2)11-7-6-9-4-3-5-10(8-13)12(9)14-11/h3-7H,1-2H3. The van der Waals surface area contributed by atoms with Gasteiger partial charge in [0.05, 0.1) is 11.1 Å². The lowest BCUT2D eigenvalue weighted by molar-refractivity contribution is 1.08. The smallest absolute Gasteiger partial charge is 0.128 e. The first kappa shape index (κ1) is 9.47. The largest absolute Gasteiger partial charge is 0.363 e. The zero-order valence-corrected chi connectivity index (χ0v) is 8.73. The normalized spacial score (nSPS) is 9.93. The minimum absolute atomic E-state index is 0.621. The number of hydrogen-bond acceptors (Lipinski definition) is 3. The number of hydrogen-bond donors (Lipinski definition) is 0. The molecule has 0 atom stereocenters. The molecular formula is C12H11N3. The second-order valence-corrected chi connectivity index (χ2v) is 3.55. The zero-order chi connectivity index (χ0) is 10.8. The molecule has 0 N–H and O–H groups in total. The van der Waals surface area contributed by atoms with E-state index in [1.165, 1.54) is 0 Å². The van der Waals surface area contributed by atoms with Crippen LogP contribution in [0.5, 0.6) is 0 Å². The Morgan fingerprint density at radius 2 is 2.00 bits per heavy atom. The maximum Gasteiger partial charge on any atom is 0.128 e. The summed E-state index contributed by atoms with van der Waals surface area (Å²) in [7, 11) is 3.87. The van der Waals surface area contributed by atoms with E-state index in [0.29, 0.717) is 5.56 Å². The van der Waals surface area contributed by atoms with Gasteiger partial charge in [0.1, 0.15) is 11.9 Å². The van der Waals surface area contributed by atoms with E-state index >= 15 is 0 Å². The Bertz CT molecular complexity index is 538. The van der Waals surface area contributed by atoms with Crippen LogP contribution in [0.15, 0.2) is 30.3 Å². The highest BCUT2D eigenvalue weighted by molar-refractivity contribution is 5.85. The summed E-state index contributed by atoms with van der Waals surface area (Å²) in [4.78, 5) is 6.37. The molecule has 3 nitrogen and oxygen atoms in total. The molecule has 2 aromatic rings. The molecule has 0 aliphatic heterocycles. The van der Waals surface area contributed by atoms with E-state index in [4.69, 9.17) is 5.26 Å². The predicted octanol–water partition coefficient (Wildman–Crippen LogP) is 2.17. The van der Waals surface area contributed by atoms with Gasteiger partial charge in [-0.1, -0.05) is 12.1 Å². The Hall–Kier alpha value is -2.08. The summed E-state index contributed by atoms with van der Waals surface area (Å²) in [6, 6.07) is 11.7. The molecule has 0 saturated heterocycles. The molecule has 1 aromatic carbocycles. The summed E-state index contributed by atoms with van der Waals surface area (Å²) in [5, 5.41) is 9.96. The zero-order valence-electron chi connectivity index (χ0n) is 8.73. The Kier molecular flexibility index (Phi) is 2.26. The highest BCUT2D eigenvalue weighted by Gasteiger charge is 2.03. The van der Waals surface area contributed by atoms with Crippen molar-refractivity contribution in [1.82, 2.24) is 4.98 Å². The van der Waals surface area contributed by atoms with Crippen LogP contribution in [0.25, 0.3) is 10.9 Å². The molecule has 0 amide bonds. The van der Waals surface area contributed by atoms with Crippen LogP contribution in [-0.4, -0.2) is 19.1 Å². The summed E-state index contributed by atoms with van der Waals surface area (Å²) in [5.74, 6) is 0.866. The van der Waals surface area contributed by atoms with Crippen molar-refractivity contribution in [2.45, 2.75) is 0 Å². The van der Waals surface area contributed by atoms with Gasteiger partial charge in [-0.2, -0.15) is 5.26 Å². The Morgan fingerprint density at radius 3 is 2.67 bits per heavy atom. The average molecular weight is 197 g/mol. The monoisotopic (exact) mass is 197 g/mol. The van der Waals surface area contributed by atoms with E-state index in [-0.39, 0.29) is 0 Å². The quantitative estimate of drug-likeness (QED) is 0.703. The van der Waals surface area contributed by atoms with Gasteiger partial charge in [-0.15, -0.1) is 0 Å². The van der Waals surface area contributed by atoms with Crippen LogP contribution in [0.2, 0.25) is 0 Å². The van der Waals surface area contributed by atoms with Crippen LogP contribution in [0.1, 0.15) is 5.56 Å². The van der Waals surface area contributed by atoms with Crippen LogP contribution < -0.4 is 4.90 Å². The SMILES string of the molecule is CN(C)c1ccc2cccc(C#N)c2n1. The second-order valence-electron chi connectivity index (χ2n) is 3.55. The Balaban J connectivity index is 2.74. The lowest BCUT2D eigenvalue weighted by Gasteiger charge is -2.11. The third-order valence-electron chi connectivity index (χ3n) is 2.28. The van der Waals surface area contributed by atoms with Crippen LogP contribution in [0.4, 0.5) is 5.82 Å². The van der Waals surface area contributed by atoms with Gasteiger partial charge in [0.15, 0.2) is 0 Å². The van der Waals surface area contributed by atoms with Crippen LogP contribution in [0, 0.1) is 11.3 Å². The third-order valence-corrected chi connectivity index (χ3v) is 2.28. The first-order valence-electron chi connectivity index (χ1n) is 4.69. The van der Waals surface area contributed by atoms with E-state index in [2.05, 4.69) is 11.1 Å². The molecule has 0 radical (unpaired) electrons. The van der Waals surface area contributed by atoms with Crippen molar-refractivity contribution in [2.24, 2.45) is 0 Å². The number of anilines is 1. The molecule has 0 spiro atoms. The first-order chi connectivity index (χ1) is 7.22. The van der Waals surface area contributed by atoms with Gasteiger partial charge in [0.25, 0.3) is 0 Å². The summed E-state index contributed by atoms with van der Waals surface area (Å²) < 4.78 is 0. The number of nitriles is 1. The molecule has 3 heteroatoms. The molecular weight excluding hydrogens is 186 g/mol. The number of nitrogens with zero attached hydrogens (tertiary/aromatic N) is 3. The molecule has 0 bridgehead atoms. The molecule has 1 aromatic heterocycles. The fourth-order valence-corrected chi connectivity index (χ4v) is 1.48. The molecule has 0 fully saturated rings. The van der Waals surface area contributed by atoms with E-state index in [0.717, 1.165) is 16.7 Å². The van der Waals surface area contributed by atoms with Crippen molar-refractivity contribution in [2.75, 3.05) is 19.0 Å². The lowest BCUT2D eigenvalue weighted by Crippen LogP contribution is -2.10. The number of para-hydroxylation sites is 1. The lowest BCUT2D eigenvalue weighted by atomic mass is 10.1. The molecule has 2 rings (SSSR count). The first-order valence-corrected chi connectivity index (χ1v) is 4.69. The van der Waals surface area contributed by atoms with Crippen LogP contribution in [-0.2, 0) is 0 Å². The van der Waals surface area contributed by atoms with E-state index in [1.54, 1.807) is 6.07 Å². The fourth-order valence-electron chi connectivity index (χ4n) is 1.48. The van der Waals surface area contributed by atoms with Gasteiger partial charge < -0.3 is 4.90 Å². The van der Waals surface area contributed by atoms with Crippen LogP contribution >= 0.6 is 0 Å². The maximum atomic E-state index is 8.96. The number of benzene rings is 1. The third kappa shape index (κ3) is 1.62. The van der Waals surface area contributed by atoms with Crippen molar-refractivity contribution >= 4 is 16.7 Å². The van der Waals surface area contributed by atoms with E-state index in [9.17, 15) is 0 Å². The van der Waals surface area contributed by atoms with Gasteiger partial charge in [-0.25, -0.2) is 4.98 Å². The summed E-state index contributed by atoms with van der Waals surface area (Å²) in [6.07, 6.45) is 0. The van der Waals surface area contributed by atoms with Crippen molar-refractivity contribution in [3.63, 3.8) is 0 Å². The summed E-state index contributed by atoms with van der Waals surface area (Å²) in [6.45, 7) is 0. The van der Waals surface area contributed by atoms with Gasteiger partial charge in [0.2, 0.25) is 0 Å². The molecule has 0 aliphatic rings. The summed E-state index contributed by atoms with van der Waals surface area (Å²) in [5.41, 5.74) is 1.39. The molecule has 0 saturated carbocycles. The number of pyridine rings is 1. The number of aromatic nitrogens is 1. The number of fused-ring (bicyclic) bond motifs is 1. The van der Waals surface area contributed by atoms with Crippen molar-refractivity contribution < 1.29 is 0 Å². The van der Waals surface area contributed by atoms with Crippen molar-refractivity contribution in [3.8, 4) is 6.07 Å². The molecule has 0 aliphatic carbocycles. The predicted molar refractivity (Wildman–Crippen MR) is 60.8 cm³/mol. The Labute approximate surface area is 88.6 Å². The Morgan fingerprint density at radius 1 is 1.20 bits per heavy atom. The minimum atomic E-state index is 0.621. The molecule has 15 heavy (non-hydrogen) atoms. The van der Waals surface area contributed by atoms with E-state index < -0.39 is 0 Å². The topological polar surface area (TPSA) is 39.9 Å². The van der Waals surface area contributed by atoms with E-state index in [1.807, 2.05) is 43.3 Å². The van der Waals surface area contributed by atoms with Crippen molar-refractivity contribution in [1.29, 1.82) is 5.26 Å². The molecule has 0 unspecified atom stereocenters. The highest BCUT2D eigenvalue weighted by atomic mass is 15.1. The highest BCUT2D eigenvalue weighted by Crippen LogP contribution is 2.19. The maximum absolute atomic E-state index is 8.96. The molecule has 74 valence electrons. The minimum Gasteiger partial charge on any atom is -0.363 e. The molecule has 1 heterocycles. The van der Waals surface area contributed by atoms with Crippen molar-refractivity contribution in [3.05, 3.63) is 35.9 Å². The summed E-state index contributed by atoms with van der Waals surface area (Å²) >= 11 is 0. The number of rotatable bonds is 1. The van der Waals surface area contributed by atoms with Gasteiger partial charge in [-0.3, -0.25) is 0 Å². The van der Waals surface area contributed by atoms with Gasteiger partial charge in [0, 0.05) is 19.5 Å². The second kappa shape index (κ2) is 3.58. The van der Waals surface area contributed by atoms with Crippen LogP contribution in [0.3, 0.4) is 0 Å². The van der Waals surface area contributed by atoms with Gasteiger partial charge >= 0.3 is 0 Å². The average Bonchev–Trinajstić information content (AvgIpc) is 2.27.